The summed E-state index contributed by atoms with van der Waals surface area (Å²) < 4.78 is 0. The molecule has 0 aliphatic carbocycles. The Balaban J connectivity index is 2.00. The lowest BCUT2D eigenvalue weighted by Crippen LogP contribution is -2.03. The second kappa shape index (κ2) is 5.57. The van der Waals surface area contributed by atoms with Crippen LogP contribution in [0.4, 0.5) is 0 Å². The van der Waals surface area contributed by atoms with E-state index in [1.165, 1.54) is 0 Å². The van der Waals surface area contributed by atoms with Crippen LogP contribution in [0.1, 0.15) is 17.2 Å². The van der Waals surface area contributed by atoms with E-state index in [1.54, 1.807) is 24.7 Å². The fourth-order valence-corrected chi connectivity index (χ4v) is 2.50. The quantitative estimate of drug-likeness (QED) is 0.800. The molecule has 0 aliphatic rings. The maximum atomic E-state index is 10.5. The van der Waals surface area contributed by atoms with Crippen LogP contribution in [0.2, 0.25) is 5.02 Å². The van der Waals surface area contributed by atoms with E-state index in [2.05, 4.69) is 9.97 Å². The zero-order valence-corrected chi connectivity index (χ0v) is 11.5. The molecule has 1 atom stereocenters. The average Bonchev–Trinajstić information content (AvgIpc) is 2.49. The molecule has 0 amide bonds. The predicted octanol–water partition coefficient (Wildman–Crippen LogP) is 3.56. The number of aliphatic hydroxyl groups excluding tert-OH is 1. The molecule has 0 radical (unpaired) electrons. The lowest BCUT2D eigenvalue weighted by molar-refractivity contribution is 0.180. The first kappa shape index (κ1) is 13.0. The summed E-state index contributed by atoms with van der Waals surface area (Å²) in [4.78, 5) is 8.32. The highest BCUT2D eigenvalue weighted by Gasteiger charge is 2.14. The third-order valence-electron chi connectivity index (χ3n) is 3.29. The minimum Gasteiger partial charge on any atom is -0.388 e. The number of nitrogens with zero attached hydrogens (tertiary/aromatic N) is 2. The first-order chi connectivity index (χ1) is 9.75. The molecule has 1 N–H and O–H groups in total. The van der Waals surface area contributed by atoms with Crippen molar-refractivity contribution >= 4 is 22.5 Å². The Morgan fingerprint density at radius 1 is 1.05 bits per heavy atom. The smallest absolute Gasteiger partial charge is 0.0851 e. The molecule has 0 fully saturated rings. The van der Waals surface area contributed by atoms with Crippen molar-refractivity contribution in [3.63, 3.8) is 0 Å². The molecule has 0 bridgehead atoms. The van der Waals surface area contributed by atoms with Crippen LogP contribution >= 0.6 is 11.6 Å². The largest absolute Gasteiger partial charge is 0.388 e. The van der Waals surface area contributed by atoms with Crippen molar-refractivity contribution in [3.8, 4) is 0 Å². The van der Waals surface area contributed by atoms with Crippen molar-refractivity contribution in [1.29, 1.82) is 0 Å². The molecule has 2 heterocycles. The maximum absolute atomic E-state index is 10.5. The van der Waals surface area contributed by atoms with Gasteiger partial charge in [0.25, 0.3) is 0 Å². The van der Waals surface area contributed by atoms with Gasteiger partial charge >= 0.3 is 0 Å². The standard InChI is InChI=1S/C16H13ClN2O/c17-14-4-3-13(16-12(14)2-1-7-19-16)15(20)10-11-5-8-18-9-6-11/h1-9,15,20H,10H2. The predicted molar refractivity (Wildman–Crippen MR) is 79.7 cm³/mol. The number of halogens is 1. The van der Waals surface area contributed by atoms with Gasteiger partial charge in [-0.3, -0.25) is 9.97 Å². The molecule has 20 heavy (non-hydrogen) atoms. The van der Waals surface area contributed by atoms with Crippen molar-refractivity contribution in [3.05, 3.63) is 71.1 Å². The Hall–Kier alpha value is -1.97. The normalized spacial score (nSPS) is 12.5. The number of aromatic nitrogens is 2. The molecule has 3 rings (SSSR count). The fraction of sp³-hybridized carbons (Fsp3) is 0.125. The number of fused-ring (bicyclic) bond motifs is 1. The highest BCUT2D eigenvalue weighted by Crippen LogP contribution is 2.29. The molecule has 2 aromatic heterocycles. The molecule has 0 spiro atoms. The summed E-state index contributed by atoms with van der Waals surface area (Å²) in [5.74, 6) is 0. The van der Waals surface area contributed by atoms with Crippen LogP contribution in [0.25, 0.3) is 10.9 Å². The lowest BCUT2D eigenvalue weighted by atomic mass is 9.99. The van der Waals surface area contributed by atoms with E-state index < -0.39 is 6.10 Å². The zero-order valence-electron chi connectivity index (χ0n) is 10.7. The van der Waals surface area contributed by atoms with Gasteiger partial charge in [0.05, 0.1) is 11.6 Å². The van der Waals surface area contributed by atoms with Gasteiger partial charge in [-0.25, -0.2) is 0 Å². The first-order valence-corrected chi connectivity index (χ1v) is 6.73. The molecule has 100 valence electrons. The molecule has 3 nitrogen and oxygen atoms in total. The van der Waals surface area contributed by atoms with E-state index >= 15 is 0 Å². The number of hydrogen-bond acceptors (Lipinski definition) is 3. The van der Waals surface area contributed by atoms with Crippen LogP contribution < -0.4 is 0 Å². The van der Waals surface area contributed by atoms with Gasteiger partial charge < -0.3 is 5.11 Å². The lowest BCUT2D eigenvalue weighted by Gasteiger charge is -2.13. The number of hydrogen-bond donors (Lipinski definition) is 1. The SMILES string of the molecule is OC(Cc1ccncc1)c1ccc(Cl)c2cccnc12. The minimum atomic E-state index is -0.618. The van der Waals surface area contributed by atoms with E-state index in [1.807, 2.05) is 30.3 Å². The molecular formula is C16H13ClN2O. The van der Waals surface area contributed by atoms with Crippen LogP contribution in [0.15, 0.2) is 55.0 Å². The number of rotatable bonds is 3. The van der Waals surface area contributed by atoms with Gasteiger partial charge in [-0.15, -0.1) is 0 Å². The van der Waals surface area contributed by atoms with Gasteiger partial charge in [0.15, 0.2) is 0 Å². The Kier molecular flexibility index (Phi) is 3.63. The van der Waals surface area contributed by atoms with Crippen LogP contribution in [0.3, 0.4) is 0 Å². The van der Waals surface area contributed by atoms with E-state index in [0.717, 1.165) is 22.0 Å². The van der Waals surface area contributed by atoms with Crippen molar-refractivity contribution in [2.24, 2.45) is 0 Å². The Morgan fingerprint density at radius 3 is 2.65 bits per heavy atom. The third-order valence-corrected chi connectivity index (χ3v) is 3.61. The molecule has 0 saturated heterocycles. The zero-order chi connectivity index (χ0) is 13.9. The Labute approximate surface area is 121 Å². The maximum Gasteiger partial charge on any atom is 0.0851 e. The second-order valence-corrected chi connectivity index (χ2v) is 5.02. The monoisotopic (exact) mass is 284 g/mol. The molecule has 0 saturated carbocycles. The molecule has 1 unspecified atom stereocenters. The summed E-state index contributed by atoms with van der Waals surface area (Å²) in [5.41, 5.74) is 2.58. The van der Waals surface area contributed by atoms with Crippen molar-refractivity contribution in [2.75, 3.05) is 0 Å². The summed E-state index contributed by atoms with van der Waals surface area (Å²) in [6.45, 7) is 0. The van der Waals surface area contributed by atoms with Crippen LogP contribution in [0.5, 0.6) is 0 Å². The van der Waals surface area contributed by atoms with Gasteiger partial charge in [0.1, 0.15) is 0 Å². The molecule has 1 aromatic carbocycles. The average molecular weight is 285 g/mol. The summed E-state index contributed by atoms with van der Waals surface area (Å²) in [7, 11) is 0. The summed E-state index contributed by atoms with van der Waals surface area (Å²) >= 11 is 6.16. The summed E-state index contributed by atoms with van der Waals surface area (Å²) in [6, 6.07) is 11.2. The van der Waals surface area contributed by atoms with Crippen molar-refractivity contribution in [2.45, 2.75) is 12.5 Å². The second-order valence-electron chi connectivity index (χ2n) is 4.61. The third kappa shape index (κ3) is 2.50. The molecule has 4 heteroatoms. The first-order valence-electron chi connectivity index (χ1n) is 6.36. The van der Waals surface area contributed by atoms with E-state index in [9.17, 15) is 5.11 Å². The molecular weight excluding hydrogens is 272 g/mol. The Morgan fingerprint density at radius 2 is 1.85 bits per heavy atom. The topological polar surface area (TPSA) is 46.0 Å². The summed E-state index contributed by atoms with van der Waals surface area (Å²) in [6.07, 6.45) is 5.06. The highest BCUT2D eigenvalue weighted by atomic mass is 35.5. The minimum absolute atomic E-state index is 0.524. The van der Waals surface area contributed by atoms with Gasteiger partial charge in [-0.2, -0.15) is 0 Å². The Bertz CT molecular complexity index is 731. The van der Waals surface area contributed by atoms with Gasteiger partial charge in [0, 0.05) is 41.0 Å². The van der Waals surface area contributed by atoms with Crippen molar-refractivity contribution in [1.82, 2.24) is 9.97 Å². The number of pyridine rings is 2. The van der Waals surface area contributed by atoms with Gasteiger partial charge in [-0.1, -0.05) is 17.7 Å². The molecule has 3 aromatic rings. The van der Waals surface area contributed by atoms with Crippen LogP contribution in [0, 0.1) is 0 Å². The van der Waals surface area contributed by atoms with E-state index in [0.29, 0.717) is 11.4 Å². The highest BCUT2D eigenvalue weighted by molar-refractivity contribution is 6.35. The van der Waals surface area contributed by atoms with E-state index in [-0.39, 0.29) is 0 Å². The fourth-order valence-electron chi connectivity index (χ4n) is 2.28. The van der Waals surface area contributed by atoms with Gasteiger partial charge in [0.2, 0.25) is 0 Å². The van der Waals surface area contributed by atoms with Gasteiger partial charge in [-0.05, 0) is 35.9 Å². The summed E-state index contributed by atoms with van der Waals surface area (Å²) in [5, 5.41) is 12.0. The number of benzene rings is 1. The van der Waals surface area contributed by atoms with Crippen molar-refractivity contribution < 1.29 is 5.11 Å². The van der Waals surface area contributed by atoms with E-state index in [4.69, 9.17) is 11.6 Å². The number of aliphatic hydroxyl groups is 1. The van der Waals surface area contributed by atoms with Crippen LogP contribution in [-0.4, -0.2) is 15.1 Å². The van der Waals surface area contributed by atoms with Crippen LogP contribution in [-0.2, 0) is 6.42 Å². The molecule has 0 aliphatic heterocycles.